The molecule has 0 amide bonds. The standard InChI is InChI=1S/C16H21N3O/c1-11(2)16(17)9-19(10-16)15-13-5-4-6-14(20-3)12(13)7-8-18-15/h4-8,11H,9-10,17H2,1-3H3. The number of aromatic nitrogens is 1. The molecule has 3 rings (SSSR count). The summed E-state index contributed by atoms with van der Waals surface area (Å²) in [5, 5.41) is 2.22. The summed E-state index contributed by atoms with van der Waals surface area (Å²) in [6.07, 6.45) is 1.84. The SMILES string of the molecule is COc1cccc2c(N3CC(N)(C(C)C)C3)nccc12. The minimum absolute atomic E-state index is 0.0945. The van der Waals surface area contributed by atoms with Crippen LogP contribution < -0.4 is 15.4 Å². The molecular weight excluding hydrogens is 250 g/mol. The molecule has 20 heavy (non-hydrogen) atoms. The number of anilines is 1. The highest BCUT2D eigenvalue weighted by atomic mass is 16.5. The Labute approximate surface area is 119 Å². The van der Waals surface area contributed by atoms with Crippen molar-refractivity contribution in [2.24, 2.45) is 11.7 Å². The zero-order valence-electron chi connectivity index (χ0n) is 12.3. The fourth-order valence-electron chi connectivity index (χ4n) is 2.77. The fourth-order valence-corrected chi connectivity index (χ4v) is 2.77. The van der Waals surface area contributed by atoms with E-state index in [9.17, 15) is 0 Å². The molecule has 4 nitrogen and oxygen atoms in total. The Morgan fingerprint density at radius 2 is 2.00 bits per heavy atom. The molecule has 2 heterocycles. The van der Waals surface area contributed by atoms with Crippen molar-refractivity contribution in [3.63, 3.8) is 0 Å². The number of benzene rings is 1. The number of pyridine rings is 1. The fraction of sp³-hybridized carbons (Fsp3) is 0.438. The van der Waals surface area contributed by atoms with Crippen LogP contribution in [0, 0.1) is 5.92 Å². The second kappa shape index (κ2) is 4.63. The number of ether oxygens (including phenoxy) is 1. The van der Waals surface area contributed by atoms with Gasteiger partial charge >= 0.3 is 0 Å². The van der Waals surface area contributed by atoms with Gasteiger partial charge in [0.1, 0.15) is 11.6 Å². The molecule has 1 saturated heterocycles. The van der Waals surface area contributed by atoms with E-state index in [1.807, 2.05) is 24.4 Å². The van der Waals surface area contributed by atoms with Gasteiger partial charge in [0.2, 0.25) is 0 Å². The first-order valence-electron chi connectivity index (χ1n) is 7.01. The number of hydrogen-bond acceptors (Lipinski definition) is 4. The molecule has 1 aromatic heterocycles. The normalized spacial score (nSPS) is 17.4. The van der Waals surface area contributed by atoms with E-state index >= 15 is 0 Å². The van der Waals surface area contributed by atoms with Gasteiger partial charge in [-0.3, -0.25) is 0 Å². The summed E-state index contributed by atoms with van der Waals surface area (Å²) in [5.41, 5.74) is 6.28. The number of fused-ring (bicyclic) bond motifs is 1. The Balaban J connectivity index is 1.98. The number of nitrogens with two attached hydrogens (primary N) is 1. The third-order valence-electron chi connectivity index (χ3n) is 4.38. The lowest BCUT2D eigenvalue weighted by Gasteiger charge is -2.51. The predicted octanol–water partition coefficient (Wildman–Crippen LogP) is 2.42. The second-order valence-corrected chi connectivity index (χ2v) is 5.93. The van der Waals surface area contributed by atoms with Crippen LogP contribution in [0.1, 0.15) is 13.8 Å². The van der Waals surface area contributed by atoms with Gasteiger partial charge < -0.3 is 15.4 Å². The zero-order valence-corrected chi connectivity index (χ0v) is 12.3. The predicted molar refractivity (Wildman–Crippen MR) is 82.3 cm³/mol. The molecule has 2 N–H and O–H groups in total. The van der Waals surface area contributed by atoms with E-state index in [0.29, 0.717) is 5.92 Å². The van der Waals surface area contributed by atoms with E-state index in [4.69, 9.17) is 10.5 Å². The highest BCUT2D eigenvalue weighted by Gasteiger charge is 2.42. The van der Waals surface area contributed by atoms with Crippen LogP contribution in [-0.2, 0) is 0 Å². The third kappa shape index (κ3) is 1.91. The maximum absolute atomic E-state index is 6.38. The van der Waals surface area contributed by atoms with E-state index < -0.39 is 0 Å². The van der Waals surface area contributed by atoms with Crippen LogP contribution >= 0.6 is 0 Å². The third-order valence-corrected chi connectivity index (χ3v) is 4.38. The first kappa shape index (κ1) is 13.2. The Morgan fingerprint density at radius 1 is 1.25 bits per heavy atom. The summed E-state index contributed by atoms with van der Waals surface area (Å²) >= 11 is 0. The van der Waals surface area contributed by atoms with Gasteiger partial charge in [0, 0.05) is 30.1 Å². The molecule has 0 unspecified atom stereocenters. The maximum atomic E-state index is 6.38. The van der Waals surface area contributed by atoms with E-state index in [2.05, 4.69) is 29.8 Å². The quantitative estimate of drug-likeness (QED) is 0.931. The molecule has 2 aromatic rings. The van der Waals surface area contributed by atoms with Gasteiger partial charge in [-0.15, -0.1) is 0 Å². The number of hydrogen-bond donors (Lipinski definition) is 1. The molecule has 0 spiro atoms. The summed E-state index contributed by atoms with van der Waals surface area (Å²) in [7, 11) is 1.70. The number of rotatable bonds is 3. The molecule has 1 aromatic carbocycles. The molecule has 0 atom stereocenters. The Morgan fingerprint density at radius 3 is 2.65 bits per heavy atom. The zero-order chi connectivity index (χ0) is 14.3. The molecular formula is C16H21N3O. The highest BCUT2D eigenvalue weighted by molar-refractivity contribution is 5.96. The lowest BCUT2D eigenvalue weighted by atomic mass is 9.80. The van der Waals surface area contributed by atoms with E-state index in [-0.39, 0.29) is 5.54 Å². The van der Waals surface area contributed by atoms with Crippen LogP contribution in [0.2, 0.25) is 0 Å². The van der Waals surface area contributed by atoms with E-state index in [0.717, 1.165) is 35.4 Å². The van der Waals surface area contributed by atoms with Gasteiger partial charge in [-0.2, -0.15) is 0 Å². The summed E-state index contributed by atoms with van der Waals surface area (Å²) < 4.78 is 5.42. The molecule has 4 heteroatoms. The molecule has 1 aliphatic rings. The molecule has 106 valence electrons. The molecule has 1 fully saturated rings. The summed E-state index contributed by atoms with van der Waals surface area (Å²) in [6.45, 7) is 6.07. The van der Waals surface area contributed by atoms with Crippen LogP contribution in [0.15, 0.2) is 30.5 Å². The van der Waals surface area contributed by atoms with Gasteiger partial charge in [-0.25, -0.2) is 4.98 Å². The van der Waals surface area contributed by atoms with Crippen LogP contribution in [-0.4, -0.2) is 30.7 Å². The lowest BCUT2D eigenvalue weighted by Crippen LogP contribution is -2.70. The number of nitrogens with zero attached hydrogens (tertiary/aromatic N) is 2. The van der Waals surface area contributed by atoms with Crippen molar-refractivity contribution in [3.8, 4) is 5.75 Å². The summed E-state index contributed by atoms with van der Waals surface area (Å²) in [4.78, 5) is 6.80. The Kier molecular flexibility index (Phi) is 3.05. The maximum Gasteiger partial charge on any atom is 0.136 e. The van der Waals surface area contributed by atoms with Gasteiger partial charge in [-0.05, 0) is 18.1 Å². The first-order valence-corrected chi connectivity index (χ1v) is 7.01. The average Bonchev–Trinajstić information content (AvgIpc) is 2.42. The first-order chi connectivity index (χ1) is 9.55. The van der Waals surface area contributed by atoms with Crippen LogP contribution in [0.25, 0.3) is 10.8 Å². The summed E-state index contributed by atoms with van der Waals surface area (Å²) in [6, 6.07) is 8.06. The van der Waals surface area contributed by atoms with Crippen LogP contribution in [0.5, 0.6) is 5.75 Å². The molecule has 1 aliphatic heterocycles. The Hall–Kier alpha value is -1.81. The Bertz CT molecular complexity index is 633. The van der Waals surface area contributed by atoms with E-state index in [1.165, 1.54) is 0 Å². The largest absolute Gasteiger partial charge is 0.496 e. The molecule has 0 saturated carbocycles. The van der Waals surface area contributed by atoms with Crippen molar-refractivity contribution in [3.05, 3.63) is 30.5 Å². The smallest absolute Gasteiger partial charge is 0.136 e. The minimum Gasteiger partial charge on any atom is -0.496 e. The van der Waals surface area contributed by atoms with Gasteiger partial charge in [0.25, 0.3) is 0 Å². The number of methoxy groups -OCH3 is 1. The van der Waals surface area contributed by atoms with Crippen molar-refractivity contribution in [1.29, 1.82) is 0 Å². The van der Waals surface area contributed by atoms with E-state index in [1.54, 1.807) is 7.11 Å². The monoisotopic (exact) mass is 271 g/mol. The minimum atomic E-state index is -0.0945. The highest BCUT2D eigenvalue weighted by Crippen LogP contribution is 2.36. The van der Waals surface area contributed by atoms with Crippen molar-refractivity contribution in [2.75, 3.05) is 25.1 Å². The average molecular weight is 271 g/mol. The molecule has 0 radical (unpaired) electrons. The van der Waals surface area contributed by atoms with Crippen molar-refractivity contribution >= 4 is 16.6 Å². The van der Waals surface area contributed by atoms with Crippen LogP contribution in [0.3, 0.4) is 0 Å². The second-order valence-electron chi connectivity index (χ2n) is 5.93. The van der Waals surface area contributed by atoms with Crippen LogP contribution in [0.4, 0.5) is 5.82 Å². The van der Waals surface area contributed by atoms with Crippen molar-refractivity contribution in [2.45, 2.75) is 19.4 Å². The van der Waals surface area contributed by atoms with Gasteiger partial charge in [0.15, 0.2) is 0 Å². The van der Waals surface area contributed by atoms with Gasteiger partial charge in [-0.1, -0.05) is 26.0 Å². The summed E-state index contributed by atoms with van der Waals surface area (Å²) in [5.74, 6) is 2.36. The van der Waals surface area contributed by atoms with Crippen molar-refractivity contribution < 1.29 is 4.74 Å². The van der Waals surface area contributed by atoms with Gasteiger partial charge in [0.05, 0.1) is 12.6 Å². The van der Waals surface area contributed by atoms with Crippen molar-refractivity contribution in [1.82, 2.24) is 4.98 Å². The molecule has 0 bridgehead atoms. The topological polar surface area (TPSA) is 51.4 Å². The lowest BCUT2D eigenvalue weighted by molar-refractivity contribution is 0.244. The molecule has 0 aliphatic carbocycles.